The van der Waals surface area contributed by atoms with Crippen LogP contribution in [0.25, 0.3) is 0 Å². The van der Waals surface area contributed by atoms with E-state index in [4.69, 9.17) is 0 Å². The SMILES string of the molecule is Cc1cc(N2C[C@@H](c3cnn(C)c3)C(C)(C)C2)nc(C)n1. The zero-order valence-electron chi connectivity index (χ0n) is 13.5. The fraction of sp³-hybridized carbons (Fsp3) is 0.562. The van der Waals surface area contributed by atoms with E-state index in [-0.39, 0.29) is 5.41 Å². The minimum Gasteiger partial charge on any atom is -0.355 e. The molecule has 0 aliphatic carbocycles. The first kappa shape index (κ1) is 14.0. The summed E-state index contributed by atoms with van der Waals surface area (Å²) in [4.78, 5) is 11.4. The fourth-order valence-corrected chi connectivity index (χ4v) is 3.34. The molecule has 1 atom stereocenters. The van der Waals surface area contributed by atoms with Crippen LogP contribution in [0.15, 0.2) is 18.5 Å². The molecule has 0 amide bonds. The van der Waals surface area contributed by atoms with Crippen LogP contribution in [0.3, 0.4) is 0 Å². The van der Waals surface area contributed by atoms with Crippen molar-refractivity contribution in [1.82, 2.24) is 19.7 Å². The minimum absolute atomic E-state index is 0.204. The summed E-state index contributed by atoms with van der Waals surface area (Å²) in [6.45, 7) is 10.6. The highest BCUT2D eigenvalue weighted by Gasteiger charge is 2.41. The van der Waals surface area contributed by atoms with Crippen molar-refractivity contribution >= 4 is 5.82 Å². The van der Waals surface area contributed by atoms with Crippen molar-refractivity contribution in [3.05, 3.63) is 35.5 Å². The molecular weight excluding hydrogens is 262 g/mol. The molecule has 0 bridgehead atoms. The molecule has 1 saturated heterocycles. The van der Waals surface area contributed by atoms with Gasteiger partial charge in [0.15, 0.2) is 0 Å². The fourth-order valence-electron chi connectivity index (χ4n) is 3.34. The summed E-state index contributed by atoms with van der Waals surface area (Å²) in [6.07, 6.45) is 4.12. The number of hydrogen-bond donors (Lipinski definition) is 0. The molecule has 1 aliphatic heterocycles. The van der Waals surface area contributed by atoms with E-state index in [1.165, 1.54) is 5.56 Å². The Morgan fingerprint density at radius 1 is 1.24 bits per heavy atom. The number of rotatable bonds is 2. The highest BCUT2D eigenvalue weighted by atomic mass is 15.3. The van der Waals surface area contributed by atoms with E-state index in [1.807, 2.05) is 31.8 Å². The number of aryl methyl sites for hydroxylation is 3. The van der Waals surface area contributed by atoms with E-state index >= 15 is 0 Å². The minimum atomic E-state index is 0.204. The molecule has 5 heteroatoms. The summed E-state index contributed by atoms with van der Waals surface area (Å²) < 4.78 is 1.88. The summed E-state index contributed by atoms with van der Waals surface area (Å²) in [5.41, 5.74) is 2.54. The van der Waals surface area contributed by atoms with Crippen molar-refractivity contribution in [2.24, 2.45) is 12.5 Å². The molecule has 0 unspecified atom stereocenters. The van der Waals surface area contributed by atoms with Crippen LogP contribution in [-0.4, -0.2) is 32.8 Å². The van der Waals surface area contributed by atoms with Crippen molar-refractivity contribution in [2.75, 3.05) is 18.0 Å². The van der Waals surface area contributed by atoms with Crippen LogP contribution in [0, 0.1) is 19.3 Å². The molecule has 0 N–H and O–H groups in total. The van der Waals surface area contributed by atoms with Gasteiger partial charge in [0.2, 0.25) is 0 Å². The molecule has 0 aromatic carbocycles. The number of aromatic nitrogens is 4. The summed E-state index contributed by atoms with van der Waals surface area (Å²) in [6, 6.07) is 2.08. The van der Waals surface area contributed by atoms with Crippen molar-refractivity contribution < 1.29 is 0 Å². The molecule has 5 nitrogen and oxygen atoms in total. The summed E-state index contributed by atoms with van der Waals surface area (Å²) in [5.74, 6) is 2.36. The molecule has 0 saturated carbocycles. The molecule has 3 heterocycles. The third-order valence-electron chi connectivity index (χ3n) is 4.35. The van der Waals surface area contributed by atoms with E-state index < -0.39 is 0 Å². The smallest absolute Gasteiger partial charge is 0.132 e. The van der Waals surface area contributed by atoms with Gasteiger partial charge in [0.1, 0.15) is 11.6 Å². The van der Waals surface area contributed by atoms with Gasteiger partial charge in [0.25, 0.3) is 0 Å². The van der Waals surface area contributed by atoms with Crippen LogP contribution in [0.1, 0.15) is 36.8 Å². The highest BCUT2D eigenvalue weighted by molar-refractivity contribution is 5.44. The van der Waals surface area contributed by atoms with Gasteiger partial charge in [-0.1, -0.05) is 13.8 Å². The Balaban J connectivity index is 1.91. The second-order valence-electron chi connectivity index (χ2n) is 6.78. The maximum Gasteiger partial charge on any atom is 0.132 e. The van der Waals surface area contributed by atoms with Gasteiger partial charge in [-0.05, 0) is 24.8 Å². The largest absolute Gasteiger partial charge is 0.355 e. The van der Waals surface area contributed by atoms with Gasteiger partial charge in [-0.25, -0.2) is 9.97 Å². The average Bonchev–Trinajstić information content (AvgIpc) is 2.91. The van der Waals surface area contributed by atoms with E-state index in [1.54, 1.807) is 0 Å². The van der Waals surface area contributed by atoms with Crippen LogP contribution in [0.4, 0.5) is 5.82 Å². The molecule has 112 valence electrons. The molecule has 21 heavy (non-hydrogen) atoms. The van der Waals surface area contributed by atoms with Gasteiger partial charge in [-0.15, -0.1) is 0 Å². The Morgan fingerprint density at radius 3 is 2.62 bits per heavy atom. The van der Waals surface area contributed by atoms with Gasteiger partial charge in [0.05, 0.1) is 6.20 Å². The van der Waals surface area contributed by atoms with Gasteiger partial charge in [0, 0.05) is 44.0 Å². The highest BCUT2D eigenvalue weighted by Crippen LogP contribution is 2.43. The molecule has 1 fully saturated rings. The second-order valence-corrected chi connectivity index (χ2v) is 6.78. The Labute approximate surface area is 126 Å². The van der Waals surface area contributed by atoms with Crippen LogP contribution in [-0.2, 0) is 7.05 Å². The molecular formula is C16H23N5. The first-order valence-electron chi connectivity index (χ1n) is 7.41. The van der Waals surface area contributed by atoms with Crippen LogP contribution < -0.4 is 4.90 Å². The average molecular weight is 285 g/mol. The van der Waals surface area contributed by atoms with Crippen molar-refractivity contribution in [2.45, 2.75) is 33.6 Å². The summed E-state index contributed by atoms with van der Waals surface area (Å²) in [5, 5.41) is 4.33. The predicted octanol–water partition coefficient (Wildman–Crippen LogP) is 2.46. The Hall–Kier alpha value is -1.91. The second kappa shape index (κ2) is 4.83. The third kappa shape index (κ3) is 2.64. The normalized spacial score (nSPS) is 21.0. The molecule has 1 aliphatic rings. The van der Waals surface area contributed by atoms with E-state index in [2.05, 4.69) is 46.1 Å². The van der Waals surface area contributed by atoms with Crippen LogP contribution >= 0.6 is 0 Å². The first-order valence-corrected chi connectivity index (χ1v) is 7.41. The third-order valence-corrected chi connectivity index (χ3v) is 4.35. The van der Waals surface area contributed by atoms with Gasteiger partial charge < -0.3 is 4.90 Å². The molecule has 0 spiro atoms. The number of hydrogen-bond acceptors (Lipinski definition) is 4. The Bertz CT molecular complexity index is 638. The topological polar surface area (TPSA) is 46.8 Å². The van der Waals surface area contributed by atoms with Crippen molar-refractivity contribution in [3.63, 3.8) is 0 Å². The standard InChI is InChI=1S/C16H23N5/c1-11-6-15(19-12(2)18-11)21-9-14(16(3,4)10-21)13-7-17-20(5)8-13/h6-8,14H,9-10H2,1-5H3/t14-/m0/s1. The summed E-state index contributed by atoms with van der Waals surface area (Å²) in [7, 11) is 1.97. The summed E-state index contributed by atoms with van der Waals surface area (Å²) >= 11 is 0. The Morgan fingerprint density at radius 2 is 2.00 bits per heavy atom. The zero-order chi connectivity index (χ0) is 15.2. The van der Waals surface area contributed by atoms with Crippen LogP contribution in [0.2, 0.25) is 0 Å². The maximum absolute atomic E-state index is 4.61. The lowest BCUT2D eigenvalue weighted by Gasteiger charge is -2.24. The number of nitrogens with zero attached hydrogens (tertiary/aromatic N) is 5. The van der Waals surface area contributed by atoms with Gasteiger partial charge >= 0.3 is 0 Å². The van der Waals surface area contributed by atoms with Crippen molar-refractivity contribution in [3.8, 4) is 0 Å². The van der Waals surface area contributed by atoms with Gasteiger partial charge in [-0.2, -0.15) is 5.10 Å². The molecule has 2 aromatic heterocycles. The van der Waals surface area contributed by atoms with Gasteiger partial charge in [-0.3, -0.25) is 4.68 Å². The van der Waals surface area contributed by atoms with E-state index in [0.717, 1.165) is 30.4 Å². The van der Waals surface area contributed by atoms with E-state index in [0.29, 0.717) is 5.92 Å². The monoisotopic (exact) mass is 285 g/mol. The maximum atomic E-state index is 4.61. The van der Waals surface area contributed by atoms with Crippen molar-refractivity contribution in [1.29, 1.82) is 0 Å². The van der Waals surface area contributed by atoms with Crippen LogP contribution in [0.5, 0.6) is 0 Å². The number of anilines is 1. The Kier molecular flexibility index (Phi) is 3.23. The lowest BCUT2D eigenvalue weighted by atomic mass is 9.79. The predicted molar refractivity (Wildman–Crippen MR) is 83.4 cm³/mol. The first-order chi connectivity index (χ1) is 9.85. The zero-order valence-corrected chi connectivity index (χ0v) is 13.5. The molecule has 0 radical (unpaired) electrons. The molecule has 2 aromatic rings. The lowest BCUT2D eigenvalue weighted by Crippen LogP contribution is -2.24. The van der Waals surface area contributed by atoms with E-state index in [9.17, 15) is 0 Å². The quantitative estimate of drug-likeness (QED) is 0.850. The lowest BCUT2D eigenvalue weighted by molar-refractivity contribution is 0.365. The molecule has 3 rings (SSSR count).